The summed E-state index contributed by atoms with van der Waals surface area (Å²) in [6, 6.07) is 6.00. The van der Waals surface area contributed by atoms with Crippen LogP contribution in [0.5, 0.6) is 5.75 Å². The van der Waals surface area contributed by atoms with E-state index in [1.165, 1.54) is 0 Å². The Morgan fingerprint density at radius 1 is 1.40 bits per heavy atom. The van der Waals surface area contributed by atoms with Gasteiger partial charge >= 0.3 is 0 Å². The van der Waals surface area contributed by atoms with E-state index in [0.29, 0.717) is 6.61 Å². The molecule has 1 aromatic rings. The highest BCUT2D eigenvalue weighted by Gasteiger charge is 2.10. The summed E-state index contributed by atoms with van der Waals surface area (Å²) >= 11 is 6.92. The Labute approximate surface area is 107 Å². The van der Waals surface area contributed by atoms with Crippen LogP contribution in [0, 0.1) is 0 Å². The molecule has 0 radical (unpaired) electrons. The lowest BCUT2D eigenvalue weighted by Crippen LogP contribution is -2.18. The number of hydrogen-bond acceptors (Lipinski definition) is 2. The fraction of sp³-hybridized carbons (Fsp3) is 0.455. The molecule has 0 aliphatic rings. The fourth-order valence-corrected chi connectivity index (χ4v) is 2.20. The normalized spacial score (nSPS) is 12.5. The zero-order chi connectivity index (χ0) is 11.3. The molecule has 0 saturated carbocycles. The van der Waals surface area contributed by atoms with Crippen LogP contribution in [0.25, 0.3) is 0 Å². The van der Waals surface area contributed by atoms with Gasteiger partial charge in [0.2, 0.25) is 0 Å². The summed E-state index contributed by atoms with van der Waals surface area (Å²) in [4.78, 5) is 0. The monoisotopic (exact) mass is 336 g/mol. The van der Waals surface area contributed by atoms with Crippen LogP contribution in [0.3, 0.4) is 0 Å². The summed E-state index contributed by atoms with van der Waals surface area (Å²) in [5.41, 5.74) is 1.13. The Morgan fingerprint density at radius 3 is 2.73 bits per heavy atom. The van der Waals surface area contributed by atoms with Crippen molar-refractivity contribution in [2.75, 3.05) is 13.7 Å². The number of hydrogen-bond donors (Lipinski definition) is 0. The molecule has 0 fully saturated rings. The average Bonchev–Trinajstić information content (AvgIpc) is 2.21. The van der Waals surface area contributed by atoms with Crippen molar-refractivity contribution in [3.8, 4) is 5.75 Å². The van der Waals surface area contributed by atoms with Gasteiger partial charge in [-0.05, 0) is 28.9 Å². The summed E-state index contributed by atoms with van der Waals surface area (Å²) in [7, 11) is 1.67. The number of halogens is 2. The van der Waals surface area contributed by atoms with E-state index < -0.39 is 0 Å². The largest absolute Gasteiger partial charge is 0.487 e. The topological polar surface area (TPSA) is 18.5 Å². The molecule has 1 rings (SSSR count). The Balaban J connectivity index is 2.82. The molecule has 1 unspecified atom stereocenters. The predicted octanol–water partition coefficient (Wildman–Crippen LogP) is 3.76. The second-order valence-corrected chi connectivity index (χ2v) is 4.66. The van der Waals surface area contributed by atoms with Crippen LogP contribution in [0.15, 0.2) is 22.7 Å². The molecule has 0 saturated heterocycles. The zero-order valence-electron chi connectivity index (χ0n) is 8.80. The summed E-state index contributed by atoms with van der Waals surface area (Å²) in [5, 5.41) is 0.779. The third kappa shape index (κ3) is 3.78. The molecule has 0 amide bonds. The van der Waals surface area contributed by atoms with Gasteiger partial charge in [0.05, 0.1) is 11.1 Å². The van der Waals surface area contributed by atoms with E-state index >= 15 is 0 Å². The molecule has 0 aromatic heterocycles. The summed E-state index contributed by atoms with van der Waals surface area (Å²) in [5.74, 6) is 0.888. The van der Waals surface area contributed by atoms with Crippen LogP contribution < -0.4 is 4.74 Å². The Hall–Kier alpha value is -0.0600. The van der Waals surface area contributed by atoms with E-state index in [2.05, 4.69) is 31.9 Å². The van der Waals surface area contributed by atoms with Gasteiger partial charge in [0, 0.05) is 18.0 Å². The third-order valence-corrected chi connectivity index (χ3v) is 3.14. The van der Waals surface area contributed by atoms with Crippen molar-refractivity contribution in [2.45, 2.75) is 18.4 Å². The van der Waals surface area contributed by atoms with E-state index in [9.17, 15) is 0 Å². The number of benzene rings is 1. The van der Waals surface area contributed by atoms with Crippen LogP contribution in [-0.2, 0) is 10.1 Å². The number of alkyl halides is 1. The van der Waals surface area contributed by atoms with Crippen molar-refractivity contribution in [3.05, 3.63) is 28.2 Å². The van der Waals surface area contributed by atoms with Gasteiger partial charge in [0.15, 0.2) is 0 Å². The minimum atomic E-state index is 0.0477. The molecule has 0 bridgehead atoms. The molecule has 0 aliphatic carbocycles. The number of methoxy groups -OCH3 is 1. The quantitative estimate of drug-likeness (QED) is 0.762. The lowest BCUT2D eigenvalue weighted by atomic mass is 10.2. The van der Waals surface area contributed by atoms with Gasteiger partial charge in [0.1, 0.15) is 11.9 Å². The van der Waals surface area contributed by atoms with Crippen LogP contribution in [0.2, 0.25) is 0 Å². The van der Waals surface area contributed by atoms with E-state index in [0.717, 1.165) is 21.1 Å². The molecule has 15 heavy (non-hydrogen) atoms. The first-order valence-electron chi connectivity index (χ1n) is 4.68. The Morgan fingerprint density at radius 2 is 2.13 bits per heavy atom. The highest BCUT2D eigenvalue weighted by Crippen LogP contribution is 2.31. The van der Waals surface area contributed by atoms with E-state index in [4.69, 9.17) is 9.47 Å². The average molecular weight is 338 g/mol. The highest BCUT2D eigenvalue weighted by atomic mass is 79.9. The first kappa shape index (κ1) is 13.0. The molecule has 0 heterocycles. The molecule has 1 atom stereocenters. The molecule has 2 nitrogen and oxygen atoms in total. The smallest absolute Gasteiger partial charge is 0.138 e. The Bertz CT molecular complexity index is 315. The summed E-state index contributed by atoms with van der Waals surface area (Å²) in [6.07, 6.45) is 0.0477. The molecular weight excluding hydrogens is 324 g/mol. The second-order valence-electron chi connectivity index (χ2n) is 3.25. The fourth-order valence-electron chi connectivity index (χ4n) is 1.26. The van der Waals surface area contributed by atoms with E-state index in [-0.39, 0.29) is 6.10 Å². The van der Waals surface area contributed by atoms with Crippen molar-refractivity contribution in [3.63, 3.8) is 0 Å². The SMILES string of the molecule is COCC(C)Oc1c(Br)cccc1CBr. The van der Waals surface area contributed by atoms with Gasteiger partial charge in [-0.1, -0.05) is 28.1 Å². The standard InChI is InChI=1S/C11H14Br2O2/c1-8(7-14-2)15-11-9(6-12)4-3-5-10(11)13/h3-5,8H,6-7H2,1-2H3. The molecule has 0 spiro atoms. The maximum Gasteiger partial charge on any atom is 0.138 e. The van der Waals surface area contributed by atoms with Gasteiger partial charge in [-0.15, -0.1) is 0 Å². The van der Waals surface area contributed by atoms with Crippen molar-refractivity contribution in [1.29, 1.82) is 0 Å². The molecule has 1 aromatic carbocycles. The van der Waals surface area contributed by atoms with Crippen molar-refractivity contribution in [1.82, 2.24) is 0 Å². The third-order valence-electron chi connectivity index (χ3n) is 1.91. The van der Waals surface area contributed by atoms with Gasteiger partial charge in [-0.2, -0.15) is 0 Å². The molecule has 84 valence electrons. The number of para-hydroxylation sites is 1. The first-order valence-corrected chi connectivity index (χ1v) is 6.59. The van der Waals surface area contributed by atoms with Crippen molar-refractivity contribution in [2.24, 2.45) is 0 Å². The summed E-state index contributed by atoms with van der Waals surface area (Å²) in [6.45, 7) is 2.57. The second kappa shape index (κ2) is 6.51. The van der Waals surface area contributed by atoms with Crippen molar-refractivity contribution >= 4 is 31.9 Å². The van der Waals surface area contributed by atoms with Gasteiger partial charge < -0.3 is 9.47 Å². The summed E-state index contributed by atoms with van der Waals surface area (Å²) < 4.78 is 11.8. The number of ether oxygens (including phenoxy) is 2. The predicted molar refractivity (Wildman–Crippen MR) is 68.7 cm³/mol. The molecule has 4 heteroatoms. The van der Waals surface area contributed by atoms with E-state index in [1.807, 2.05) is 25.1 Å². The van der Waals surface area contributed by atoms with Crippen LogP contribution in [0.1, 0.15) is 12.5 Å². The lowest BCUT2D eigenvalue weighted by molar-refractivity contribution is 0.0911. The minimum absolute atomic E-state index is 0.0477. The highest BCUT2D eigenvalue weighted by molar-refractivity contribution is 9.10. The van der Waals surface area contributed by atoms with Crippen LogP contribution >= 0.6 is 31.9 Å². The minimum Gasteiger partial charge on any atom is -0.487 e. The molecule has 0 N–H and O–H groups in total. The Kier molecular flexibility index (Phi) is 5.64. The zero-order valence-corrected chi connectivity index (χ0v) is 12.0. The molecule has 0 aliphatic heterocycles. The van der Waals surface area contributed by atoms with Gasteiger partial charge in [-0.3, -0.25) is 0 Å². The van der Waals surface area contributed by atoms with Crippen LogP contribution in [-0.4, -0.2) is 19.8 Å². The van der Waals surface area contributed by atoms with E-state index in [1.54, 1.807) is 7.11 Å². The maximum atomic E-state index is 5.81. The molecular formula is C11H14Br2O2. The van der Waals surface area contributed by atoms with Gasteiger partial charge in [0.25, 0.3) is 0 Å². The first-order chi connectivity index (χ1) is 7.19. The maximum absolute atomic E-state index is 5.81. The lowest BCUT2D eigenvalue weighted by Gasteiger charge is -2.17. The van der Waals surface area contributed by atoms with Crippen molar-refractivity contribution < 1.29 is 9.47 Å². The number of rotatable bonds is 5. The van der Waals surface area contributed by atoms with Gasteiger partial charge in [-0.25, -0.2) is 0 Å². The van der Waals surface area contributed by atoms with Crippen LogP contribution in [0.4, 0.5) is 0 Å².